The van der Waals surface area contributed by atoms with E-state index in [0.29, 0.717) is 41.2 Å². The molecular weight excluding hydrogens is 596 g/mol. The Morgan fingerprint density at radius 1 is 1.04 bits per heavy atom. The van der Waals surface area contributed by atoms with E-state index in [1.54, 1.807) is 31.0 Å². The van der Waals surface area contributed by atoms with Crippen LogP contribution in [-0.2, 0) is 16.0 Å². The molecule has 3 N–H and O–H groups in total. The number of hydrogen-bond donors (Lipinski definition) is 2. The second-order valence-electron chi connectivity index (χ2n) is 10.9. The fourth-order valence-electron chi connectivity index (χ4n) is 5.87. The molecule has 238 valence electrons. The number of nitrogens with zero attached hydrogens (tertiary/aromatic N) is 5. The molecule has 3 aromatic carbocycles. The third-order valence-corrected chi connectivity index (χ3v) is 8.17. The lowest BCUT2D eigenvalue weighted by Crippen LogP contribution is -2.28. The smallest absolute Gasteiger partial charge is 0.255 e. The van der Waals surface area contributed by atoms with Gasteiger partial charge in [-0.25, -0.2) is 23.4 Å². The van der Waals surface area contributed by atoms with Crippen molar-refractivity contribution in [3.05, 3.63) is 89.8 Å². The number of carbonyl (C=O) groups is 1. The van der Waals surface area contributed by atoms with Crippen molar-refractivity contribution in [3.8, 4) is 22.7 Å². The van der Waals surface area contributed by atoms with Gasteiger partial charge < -0.3 is 30.2 Å². The van der Waals surface area contributed by atoms with Gasteiger partial charge in [0.15, 0.2) is 11.9 Å². The second kappa shape index (κ2) is 13.1. The molecule has 0 unspecified atom stereocenters. The zero-order valence-electron chi connectivity index (χ0n) is 25.5. The fourth-order valence-corrected chi connectivity index (χ4v) is 5.87. The third kappa shape index (κ3) is 5.94. The van der Waals surface area contributed by atoms with Crippen molar-refractivity contribution in [3.63, 3.8) is 0 Å². The minimum absolute atomic E-state index is 0.103. The lowest BCUT2D eigenvalue weighted by Gasteiger charge is -2.23. The molecule has 0 radical (unpaired) electrons. The van der Waals surface area contributed by atoms with E-state index in [1.807, 2.05) is 29.2 Å². The van der Waals surface area contributed by atoms with Gasteiger partial charge in [0.25, 0.3) is 5.91 Å². The lowest BCUT2D eigenvalue weighted by atomic mass is 10.1. The highest BCUT2D eigenvalue weighted by molar-refractivity contribution is 5.99. The van der Waals surface area contributed by atoms with Crippen LogP contribution in [0.25, 0.3) is 28.0 Å². The van der Waals surface area contributed by atoms with E-state index < -0.39 is 11.7 Å². The number of methoxy groups -OCH3 is 3. The molecule has 3 heterocycles. The van der Waals surface area contributed by atoms with Gasteiger partial charge in [0.05, 0.1) is 29.4 Å². The average molecular weight is 630 g/mol. The Balaban J connectivity index is 1.24. The molecule has 13 heteroatoms. The summed E-state index contributed by atoms with van der Waals surface area (Å²) < 4.78 is 46.9. The summed E-state index contributed by atoms with van der Waals surface area (Å²) in [5, 5.41) is 8.10. The molecule has 1 fully saturated rings. The zero-order chi connectivity index (χ0) is 32.4. The predicted octanol–water partition coefficient (Wildman–Crippen LogP) is 4.73. The third-order valence-electron chi connectivity index (χ3n) is 8.17. The van der Waals surface area contributed by atoms with Crippen molar-refractivity contribution in [2.24, 2.45) is 5.92 Å². The number of ether oxygens (including phenoxy) is 3. The van der Waals surface area contributed by atoms with E-state index in [2.05, 4.69) is 15.3 Å². The summed E-state index contributed by atoms with van der Waals surface area (Å²) in [7, 11) is 4.63. The number of rotatable bonds is 10. The first-order valence-corrected chi connectivity index (χ1v) is 14.6. The predicted molar refractivity (Wildman–Crippen MR) is 169 cm³/mol. The molecule has 1 amide bonds. The van der Waals surface area contributed by atoms with Gasteiger partial charge in [-0.1, -0.05) is 24.3 Å². The van der Waals surface area contributed by atoms with Crippen molar-refractivity contribution < 1.29 is 27.8 Å². The quantitative estimate of drug-likeness (QED) is 0.211. The van der Waals surface area contributed by atoms with Gasteiger partial charge in [-0.05, 0) is 42.3 Å². The number of benzene rings is 3. The van der Waals surface area contributed by atoms with E-state index >= 15 is 4.39 Å². The maximum atomic E-state index is 15.6. The number of amides is 1. The summed E-state index contributed by atoms with van der Waals surface area (Å²) in [6, 6.07) is 16.1. The molecule has 46 heavy (non-hydrogen) atoms. The molecule has 0 spiro atoms. The molecule has 0 saturated carbocycles. The number of hydrogen-bond acceptors (Lipinski definition) is 9. The van der Waals surface area contributed by atoms with Crippen molar-refractivity contribution in [1.29, 1.82) is 0 Å². The summed E-state index contributed by atoms with van der Waals surface area (Å²) in [6.07, 6.45) is 1.82. The van der Waals surface area contributed by atoms with E-state index in [4.69, 9.17) is 25.0 Å². The van der Waals surface area contributed by atoms with E-state index in [-0.39, 0.29) is 41.7 Å². The van der Waals surface area contributed by atoms with E-state index in [0.717, 1.165) is 23.6 Å². The number of aromatic nitrogens is 4. The monoisotopic (exact) mass is 629 g/mol. The standard InChI is InChI=1S/C33H33F2N7O4/c1-44-27-11-8-22(34)14-24(27)32(43)37-16-19-4-6-20(7-5-19)29-28-30(36)38-18-39-31(28)42(40-29)23-9-10-26(25(35)15-23)41-13-12-21(17-41)33(45-2)46-3/h4-11,14-15,18,21,33H,12-13,16-17H2,1-3H3,(H,37,43)(H2,36,38,39)/t21-/m1/s1. The minimum atomic E-state index is -0.535. The van der Waals surface area contributed by atoms with Crippen molar-refractivity contribution >= 4 is 28.4 Å². The van der Waals surface area contributed by atoms with Crippen LogP contribution in [0.15, 0.2) is 67.0 Å². The molecule has 11 nitrogen and oxygen atoms in total. The second-order valence-corrected chi connectivity index (χ2v) is 10.9. The Hall–Kier alpha value is -5.14. The number of nitrogen functional groups attached to an aromatic ring is 1. The summed E-state index contributed by atoms with van der Waals surface area (Å²) in [5.74, 6) is -0.750. The number of anilines is 2. The van der Waals surface area contributed by atoms with Crippen LogP contribution in [-0.4, -0.2) is 66.4 Å². The highest BCUT2D eigenvalue weighted by Gasteiger charge is 2.31. The molecule has 0 aliphatic carbocycles. The zero-order valence-corrected chi connectivity index (χ0v) is 25.5. The first-order valence-electron chi connectivity index (χ1n) is 14.6. The summed E-state index contributed by atoms with van der Waals surface area (Å²) in [4.78, 5) is 23.3. The van der Waals surface area contributed by atoms with Crippen molar-refractivity contribution in [2.75, 3.05) is 45.1 Å². The van der Waals surface area contributed by atoms with Crippen molar-refractivity contribution in [2.45, 2.75) is 19.3 Å². The Morgan fingerprint density at radius 2 is 1.83 bits per heavy atom. The fraction of sp³-hybridized carbons (Fsp3) is 0.273. The van der Waals surface area contributed by atoms with Gasteiger partial charge in [-0.15, -0.1) is 0 Å². The first-order chi connectivity index (χ1) is 22.3. The maximum absolute atomic E-state index is 15.6. The number of carbonyl (C=O) groups excluding carboxylic acids is 1. The van der Waals surface area contributed by atoms with Crippen LogP contribution in [0.3, 0.4) is 0 Å². The maximum Gasteiger partial charge on any atom is 0.255 e. The SMILES string of the molecule is COc1ccc(F)cc1C(=O)NCc1ccc(-c2nn(-c3ccc(N4CC[C@@H](C(OC)OC)C4)c(F)c3)c3ncnc(N)c23)cc1. The van der Waals surface area contributed by atoms with Crippen LogP contribution >= 0.6 is 0 Å². The minimum Gasteiger partial charge on any atom is -0.496 e. The molecule has 6 rings (SSSR count). The van der Waals surface area contributed by atoms with Gasteiger partial charge >= 0.3 is 0 Å². The largest absolute Gasteiger partial charge is 0.496 e. The normalized spacial score (nSPS) is 14.7. The molecule has 1 atom stereocenters. The summed E-state index contributed by atoms with van der Waals surface area (Å²) in [5.41, 5.74) is 9.83. The molecule has 1 aliphatic heterocycles. The molecule has 1 saturated heterocycles. The highest BCUT2D eigenvalue weighted by Crippen LogP contribution is 2.34. The lowest BCUT2D eigenvalue weighted by molar-refractivity contribution is -0.132. The van der Waals surface area contributed by atoms with Crippen LogP contribution in [0.1, 0.15) is 22.3 Å². The van der Waals surface area contributed by atoms with Gasteiger partial charge in [0.2, 0.25) is 0 Å². The van der Waals surface area contributed by atoms with E-state index in [9.17, 15) is 9.18 Å². The van der Waals surface area contributed by atoms with Crippen LogP contribution < -0.4 is 20.7 Å². The van der Waals surface area contributed by atoms with Gasteiger partial charge in [-0.3, -0.25) is 4.79 Å². The number of fused-ring (bicyclic) bond motifs is 1. The Bertz CT molecular complexity index is 1880. The van der Waals surface area contributed by atoms with Gasteiger partial charge in [0, 0.05) is 51.4 Å². The molecule has 2 aromatic heterocycles. The number of nitrogens with two attached hydrogens (primary N) is 1. The molecular formula is C33H33F2N7O4. The average Bonchev–Trinajstić information content (AvgIpc) is 3.71. The molecule has 1 aliphatic rings. The van der Waals surface area contributed by atoms with Crippen molar-refractivity contribution in [1.82, 2.24) is 25.1 Å². The van der Waals surface area contributed by atoms with Gasteiger partial charge in [0.1, 0.15) is 35.2 Å². The summed E-state index contributed by atoms with van der Waals surface area (Å²) in [6.45, 7) is 1.49. The Labute approximate surface area is 263 Å². The van der Waals surface area contributed by atoms with Crippen LogP contribution in [0.5, 0.6) is 5.75 Å². The Morgan fingerprint density at radius 3 is 2.54 bits per heavy atom. The Kier molecular flexibility index (Phi) is 8.77. The molecule has 0 bridgehead atoms. The topological polar surface area (TPSA) is 130 Å². The highest BCUT2D eigenvalue weighted by atomic mass is 19.1. The van der Waals surface area contributed by atoms with Crippen LogP contribution in [0.4, 0.5) is 20.3 Å². The van der Waals surface area contributed by atoms with Gasteiger partial charge in [-0.2, -0.15) is 5.10 Å². The van der Waals surface area contributed by atoms with Crippen LogP contribution in [0, 0.1) is 17.6 Å². The van der Waals surface area contributed by atoms with Crippen LogP contribution in [0.2, 0.25) is 0 Å². The number of nitrogens with one attached hydrogen (secondary N) is 1. The van der Waals surface area contributed by atoms with E-state index in [1.165, 1.54) is 31.6 Å². The number of halogens is 2. The molecule has 5 aromatic rings. The first kappa shape index (κ1) is 30.9. The summed E-state index contributed by atoms with van der Waals surface area (Å²) >= 11 is 0.